The van der Waals surface area contributed by atoms with E-state index in [1.807, 2.05) is 6.92 Å². The highest BCUT2D eigenvalue weighted by Crippen LogP contribution is 2.32. The molecule has 0 spiro atoms. The summed E-state index contributed by atoms with van der Waals surface area (Å²) in [5.74, 6) is 0.360. The fourth-order valence-corrected chi connectivity index (χ4v) is 6.16. The number of rotatable bonds is 11. The first-order valence-electron chi connectivity index (χ1n) is 12.1. The summed E-state index contributed by atoms with van der Waals surface area (Å²) in [6.45, 7) is 7.19. The SMILES string of the molecule is CCCCCN(C1CCN(C(=O)[C@H](CC(C)C)NC)CC1)S(=O)(=O)c1cccc(C(F)(F)F)c1. The molecule has 1 aromatic rings. The van der Waals surface area contributed by atoms with E-state index < -0.39 is 21.8 Å². The molecular weight excluding hydrogens is 467 g/mol. The van der Waals surface area contributed by atoms with Crippen molar-refractivity contribution in [2.75, 3.05) is 26.7 Å². The van der Waals surface area contributed by atoms with E-state index >= 15 is 0 Å². The lowest BCUT2D eigenvalue weighted by Crippen LogP contribution is -2.53. The first kappa shape index (κ1) is 28.6. The zero-order chi connectivity index (χ0) is 25.5. The van der Waals surface area contributed by atoms with Gasteiger partial charge in [-0.15, -0.1) is 0 Å². The zero-order valence-electron chi connectivity index (χ0n) is 20.6. The summed E-state index contributed by atoms with van der Waals surface area (Å²) in [7, 11) is -2.36. The molecule has 0 unspecified atom stereocenters. The fourth-order valence-electron chi connectivity index (χ4n) is 4.39. The number of sulfonamides is 1. The Hall–Kier alpha value is -1.65. The van der Waals surface area contributed by atoms with E-state index in [2.05, 4.69) is 19.2 Å². The number of unbranched alkanes of at least 4 members (excludes halogenated alkanes) is 2. The van der Waals surface area contributed by atoms with Gasteiger partial charge >= 0.3 is 6.18 Å². The summed E-state index contributed by atoms with van der Waals surface area (Å²) < 4.78 is 67.9. The van der Waals surface area contributed by atoms with Crippen LogP contribution in [0.1, 0.15) is 64.9 Å². The number of piperidine rings is 1. The summed E-state index contributed by atoms with van der Waals surface area (Å²) in [6.07, 6.45) is -0.657. The average Bonchev–Trinajstić information content (AvgIpc) is 2.79. The maximum Gasteiger partial charge on any atom is 0.416 e. The number of likely N-dealkylation sites (tertiary alicyclic amines) is 1. The van der Waals surface area contributed by atoms with E-state index in [-0.39, 0.29) is 29.4 Å². The van der Waals surface area contributed by atoms with Gasteiger partial charge in [0.15, 0.2) is 0 Å². The molecule has 2 rings (SSSR count). The number of hydrogen-bond donors (Lipinski definition) is 1. The Morgan fingerprint density at radius 2 is 1.85 bits per heavy atom. The van der Waals surface area contributed by atoms with Crippen LogP contribution in [0.15, 0.2) is 29.2 Å². The van der Waals surface area contributed by atoms with Crippen molar-refractivity contribution in [2.24, 2.45) is 5.92 Å². The van der Waals surface area contributed by atoms with Crippen molar-refractivity contribution < 1.29 is 26.4 Å². The second kappa shape index (κ2) is 12.4. The van der Waals surface area contributed by atoms with Crippen LogP contribution in [-0.4, -0.2) is 62.3 Å². The average molecular weight is 506 g/mol. The number of carbonyl (C=O) groups excluding carboxylic acids is 1. The van der Waals surface area contributed by atoms with Gasteiger partial charge in [-0.2, -0.15) is 17.5 Å². The first-order chi connectivity index (χ1) is 15.9. The Bertz CT molecular complexity index is 898. The smallest absolute Gasteiger partial charge is 0.341 e. The number of halogens is 3. The van der Waals surface area contributed by atoms with Crippen molar-refractivity contribution in [3.63, 3.8) is 0 Å². The van der Waals surface area contributed by atoms with E-state index in [4.69, 9.17) is 0 Å². The number of nitrogens with one attached hydrogen (secondary N) is 1. The van der Waals surface area contributed by atoms with Gasteiger partial charge < -0.3 is 10.2 Å². The molecule has 1 amide bonds. The minimum atomic E-state index is -4.62. The van der Waals surface area contributed by atoms with Gasteiger partial charge in [-0.25, -0.2) is 8.42 Å². The molecule has 1 N–H and O–H groups in total. The lowest BCUT2D eigenvalue weighted by atomic mass is 10.00. The number of hydrogen-bond acceptors (Lipinski definition) is 4. The second-order valence-corrected chi connectivity index (χ2v) is 11.3. The minimum absolute atomic E-state index is 0.00733. The number of alkyl halides is 3. The highest BCUT2D eigenvalue weighted by Gasteiger charge is 2.37. The van der Waals surface area contributed by atoms with Crippen LogP contribution in [0.4, 0.5) is 13.2 Å². The third-order valence-corrected chi connectivity index (χ3v) is 8.23. The molecule has 194 valence electrons. The summed E-state index contributed by atoms with van der Waals surface area (Å²) in [4.78, 5) is 14.3. The van der Waals surface area contributed by atoms with Crippen LogP contribution in [0, 0.1) is 5.92 Å². The molecule has 0 aliphatic carbocycles. The van der Waals surface area contributed by atoms with Crippen molar-refractivity contribution in [2.45, 2.75) is 82.5 Å². The van der Waals surface area contributed by atoms with Gasteiger partial charge in [0.05, 0.1) is 16.5 Å². The van der Waals surface area contributed by atoms with Crippen LogP contribution in [0.2, 0.25) is 0 Å². The third kappa shape index (κ3) is 7.42. The van der Waals surface area contributed by atoms with Crippen LogP contribution < -0.4 is 5.32 Å². The normalized spacial score (nSPS) is 16.9. The van der Waals surface area contributed by atoms with Gasteiger partial charge in [-0.3, -0.25) is 4.79 Å². The highest BCUT2D eigenvalue weighted by atomic mass is 32.2. The van der Waals surface area contributed by atoms with Crippen LogP contribution in [0.5, 0.6) is 0 Å². The van der Waals surface area contributed by atoms with Crippen LogP contribution >= 0.6 is 0 Å². The molecule has 1 saturated heterocycles. The maximum absolute atomic E-state index is 13.5. The Balaban J connectivity index is 2.22. The number of benzene rings is 1. The van der Waals surface area contributed by atoms with Crippen LogP contribution in [0.3, 0.4) is 0 Å². The number of carbonyl (C=O) groups is 1. The Morgan fingerprint density at radius 1 is 1.21 bits per heavy atom. The number of nitrogens with zero attached hydrogens (tertiary/aromatic N) is 2. The highest BCUT2D eigenvalue weighted by molar-refractivity contribution is 7.89. The molecule has 6 nitrogen and oxygen atoms in total. The van der Waals surface area contributed by atoms with Crippen molar-refractivity contribution in [1.29, 1.82) is 0 Å². The molecule has 0 bridgehead atoms. The predicted octanol–water partition coefficient (Wildman–Crippen LogP) is 4.51. The zero-order valence-corrected chi connectivity index (χ0v) is 21.4. The maximum atomic E-state index is 13.5. The van der Waals surface area contributed by atoms with Crippen LogP contribution in [-0.2, 0) is 21.0 Å². The van der Waals surface area contributed by atoms with Crippen LogP contribution in [0.25, 0.3) is 0 Å². The van der Waals surface area contributed by atoms with Crippen molar-refractivity contribution in [3.8, 4) is 0 Å². The standard InChI is InChI=1S/C24H38F3N3O3S/c1-5-6-7-13-30(34(32,33)21-10-8-9-19(17-21)24(25,26)27)20-11-14-29(15-12-20)23(31)22(28-4)16-18(2)3/h8-10,17-18,20,22,28H,5-7,11-16H2,1-4H3/t22-/m0/s1. The van der Waals surface area contributed by atoms with Gasteiger partial charge in [0, 0.05) is 25.7 Å². The van der Waals surface area contributed by atoms with Crippen molar-refractivity contribution in [3.05, 3.63) is 29.8 Å². The molecule has 1 heterocycles. The summed E-state index contributed by atoms with van der Waals surface area (Å²) in [6, 6.07) is 3.29. The van der Waals surface area contributed by atoms with Gasteiger partial charge in [-0.1, -0.05) is 39.7 Å². The molecule has 1 aromatic carbocycles. The topological polar surface area (TPSA) is 69.7 Å². The third-order valence-electron chi connectivity index (χ3n) is 6.29. The Morgan fingerprint density at radius 3 is 2.38 bits per heavy atom. The molecule has 1 aliphatic heterocycles. The number of likely N-dealkylation sites (N-methyl/N-ethyl adjacent to an activating group) is 1. The quantitative estimate of drug-likeness (QED) is 0.449. The molecule has 1 fully saturated rings. The molecule has 34 heavy (non-hydrogen) atoms. The van der Waals surface area contributed by atoms with E-state index in [0.717, 1.165) is 25.0 Å². The van der Waals surface area contributed by atoms with E-state index in [0.29, 0.717) is 50.8 Å². The monoisotopic (exact) mass is 505 g/mol. The van der Waals surface area contributed by atoms with E-state index in [1.54, 1.807) is 11.9 Å². The molecule has 0 aromatic heterocycles. The summed E-state index contributed by atoms with van der Waals surface area (Å²) in [5.41, 5.74) is -0.981. The first-order valence-corrected chi connectivity index (χ1v) is 13.5. The molecular formula is C24H38F3N3O3S. The predicted molar refractivity (Wildman–Crippen MR) is 127 cm³/mol. The van der Waals surface area contributed by atoms with Gasteiger partial charge in [0.1, 0.15) is 0 Å². The molecule has 1 aliphatic rings. The lowest BCUT2D eigenvalue weighted by molar-refractivity contribution is -0.137. The largest absolute Gasteiger partial charge is 0.416 e. The molecule has 0 radical (unpaired) electrons. The second-order valence-electron chi connectivity index (χ2n) is 9.38. The van der Waals surface area contributed by atoms with Crippen molar-refractivity contribution >= 4 is 15.9 Å². The van der Waals surface area contributed by atoms with Crippen molar-refractivity contribution in [1.82, 2.24) is 14.5 Å². The minimum Gasteiger partial charge on any atom is -0.341 e. The van der Waals surface area contributed by atoms with Gasteiger partial charge in [0.25, 0.3) is 0 Å². The molecule has 0 saturated carbocycles. The van der Waals surface area contributed by atoms with Gasteiger partial charge in [0.2, 0.25) is 15.9 Å². The van der Waals surface area contributed by atoms with E-state index in [9.17, 15) is 26.4 Å². The fraction of sp³-hybridized carbons (Fsp3) is 0.708. The number of amides is 1. The lowest BCUT2D eigenvalue weighted by Gasteiger charge is -2.39. The Labute approximate surface area is 201 Å². The van der Waals surface area contributed by atoms with E-state index in [1.165, 1.54) is 10.4 Å². The summed E-state index contributed by atoms with van der Waals surface area (Å²) in [5, 5.41) is 3.07. The molecule has 1 atom stereocenters. The Kier molecular flexibility index (Phi) is 10.4. The molecule has 10 heteroatoms. The summed E-state index contributed by atoms with van der Waals surface area (Å²) >= 11 is 0. The van der Waals surface area contributed by atoms with Gasteiger partial charge in [-0.05, 0) is 56.8 Å².